The maximum absolute atomic E-state index is 5.81. The Morgan fingerprint density at radius 3 is 2.87 bits per heavy atom. The minimum atomic E-state index is 0.565. The van der Waals surface area contributed by atoms with Crippen molar-refractivity contribution in [1.29, 1.82) is 0 Å². The van der Waals surface area contributed by atoms with Crippen LogP contribution in [0.2, 0.25) is 0 Å². The SMILES string of the molecule is Nc1cc(Br)ccc1OCc1ccsc1. The summed E-state index contributed by atoms with van der Waals surface area (Å²) < 4.78 is 6.56. The molecule has 0 saturated carbocycles. The number of ether oxygens (including phenoxy) is 1. The van der Waals surface area contributed by atoms with E-state index in [4.69, 9.17) is 10.5 Å². The second-order valence-corrected chi connectivity index (χ2v) is 4.80. The molecule has 0 atom stereocenters. The van der Waals surface area contributed by atoms with E-state index < -0.39 is 0 Å². The molecule has 1 aromatic heterocycles. The molecule has 0 aliphatic carbocycles. The molecule has 78 valence electrons. The lowest BCUT2D eigenvalue weighted by atomic mass is 10.3. The Balaban J connectivity index is 2.05. The fraction of sp³-hybridized carbons (Fsp3) is 0.0909. The van der Waals surface area contributed by atoms with Gasteiger partial charge in [0.15, 0.2) is 0 Å². The third kappa shape index (κ3) is 2.73. The van der Waals surface area contributed by atoms with Crippen molar-refractivity contribution in [3.63, 3.8) is 0 Å². The molecule has 0 spiro atoms. The van der Waals surface area contributed by atoms with Gasteiger partial charge in [-0.3, -0.25) is 0 Å². The highest BCUT2D eigenvalue weighted by molar-refractivity contribution is 9.10. The summed E-state index contributed by atoms with van der Waals surface area (Å²) in [6.45, 7) is 0.565. The molecule has 0 radical (unpaired) electrons. The first-order chi connectivity index (χ1) is 7.25. The second-order valence-electron chi connectivity index (χ2n) is 3.10. The van der Waals surface area contributed by atoms with E-state index in [1.807, 2.05) is 29.6 Å². The Bertz CT molecular complexity index is 442. The molecular weight excluding hydrogens is 274 g/mol. The van der Waals surface area contributed by atoms with Gasteiger partial charge in [0.1, 0.15) is 12.4 Å². The van der Waals surface area contributed by atoms with Gasteiger partial charge in [-0.05, 0) is 40.6 Å². The van der Waals surface area contributed by atoms with Gasteiger partial charge in [0.05, 0.1) is 5.69 Å². The molecule has 15 heavy (non-hydrogen) atoms. The highest BCUT2D eigenvalue weighted by atomic mass is 79.9. The van der Waals surface area contributed by atoms with E-state index in [-0.39, 0.29) is 0 Å². The Hall–Kier alpha value is -1.00. The molecule has 2 N–H and O–H groups in total. The second kappa shape index (κ2) is 4.68. The third-order valence-electron chi connectivity index (χ3n) is 1.95. The highest BCUT2D eigenvalue weighted by Gasteiger charge is 2.01. The summed E-state index contributed by atoms with van der Waals surface area (Å²) in [7, 11) is 0. The van der Waals surface area contributed by atoms with Gasteiger partial charge in [-0.1, -0.05) is 15.9 Å². The van der Waals surface area contributed by atoms with Crippen molar-refractivity contribution in [2.75, 3.05) is 5.73 Å². The van der Waals surface area contributed by atoms with Crippen molar-refractivity contribution in [3.05, 3.63) is 45.1 Å². The average Bonchev–Trinajstić information content (AvgIpc) is 2.69. The first-order valence-electron chi connectivity index (χ1n) is 4.44. The summed E-state index contributed by atoms with van der Waals surface area (Å²) in [6, 6.07) is 7.66. The molecule has 0 amide bonds. The number of hydrogen-bond donors (Lipinski definition) is 1. The zero-order valence-electron chi connectivity index (χ0n) is 7.94. The predicted octanol–water partition coefficient (Wildman–Crippen LogP) is 3.67. The molecule has 4 heteroatoms. The molecule has 0 aliphatic rings. The van der Waals surface area contributed by atoms with Crippen LogP contribution in [0.3, 0.4) is 0 Å². The van der Waals surface area contributed by atoms with Gasteiger partial charge in [-0.2, -0.15) is 11.3 Å². The van der Waals surface area contributed by atoms with Crippen LogP contribution in [0.1, 0.15) is 5.56 Å². The van der Waals surface area contributed by atoms with Crippen LogP contribution in [0, 0.1) is 0 Å². The van der Waals surface area contributed by atoms with E-state index >= 15 is 0 Å². The topological polar surface area (TPSA) is 35.2 Å². The van der Waals surface area contributed by atoms with E-state index in [0.29, 0.717) is 12.3 Å². The quantitative estimate of drug-likeness (QED) is 0.873. The van der Waals surface area contributed by atoms with Gasteiger partial charge >= 0.3 is 0 Å². The van der Waals surface area contributed by atoms with E-state index in [2.05, 4.69) is 21.3 Å². The molecule has 0 fully saturated rings. The van der Waals surface area contributed by atoms with Crippen molar-refractivity contribution in [2.45, 2.75) is 6.61 Å². The molecule has 2 rings (SSSR count). The van der Waals surface area contributed by atoms with Crippen molar-refractivity contribution in [1.82, 2.24) is 0 Å². The molecule has 1 heterocycles. The third-order valence-corrected chi connectivity index (χ3v) is 3.17. The van der Waals surface area contributed by atoms with Crippen molar-refractivity contribution >= 4 is 33.0 Å². The van der Waals surface area contributed by atoms with Crippen LogP contribution in [0.25, 0.3) is 0 Å². The average molecular weight is 284 g/mol. The predicted molar refractivity (Wildman–Crippen MR) is 67.2 cm³/mol. The van der Waals surface area contributed by atoms with Gasteiger partial charge in [0.2, 0.25) is 0 Å². The Kier molecular flexibility index (Phi) is 3.28. The van der Waals surface area contributed by atoms with Crippen LogP contribution >= 0.6 is 27.3 Å². The van der Waals surface area contributed by atoms with Gasteiger partial charge in [0.25, 0.3) is 0 Å². The zero-order chi connectivity index (χ0) is 10.7. The van der Waals surface area contributed by atoms with Crippen molar-refractivity contribution < 1.29 is 4.74 Å². The Morgan fingerprint density at radius 1 is 1.33 bits per heavy atom. The van der Waals surface area contributed by atoms with Crippen molar-refractivity contribution in [3.8, 4) is 5.75 Å². The number of anilines is 1. The fourth-order valence-electron chi connectivity index (χ4n) is 1.19. The van der Waals surface area contributed by atoms with Crippen LogP contribution in [0.15, 0.2) is 39.5 Å². The summed E-state index contributed by atoms with van der Waals surface area (Å²) in [5.74, 6) is 0.726. The number of nitrogens with two attached hydrogens (primary N) is 1. The number of benzene rings is 1. The first-order valence-corrected chi connectivity index (χ1v) is 6.18. The minimum absolute atomic E-state index is 0.565. The van der Waals surface area contributed by atoms with E-state index in [0.717, 1.165) is 10.2 Å². The number of hydrogen-bond acceptors (Lipinski definition) is 3. The smallest absolute Gasteiger partial charge is 0.142 e. The first kappa shape index (κ1) is 10.5. The zero-order valence-corrected chi connectivity index (χ0v) is 10.3. The lowest BCUT2D eigenvalue weighted by Gasteiger charge is -2.07. The molecule has 2 aromatic rings. The number of nitrogen functional groups attached to an aromatic ring is 1. The molecule has 0 aliphatic heterocycles. The molecular formula is C11H10BrNOS. The molecule has 1 aromatic carbocycles. The maximum Gasteiger partial charge on any atom is 0.142 e. The number of halogens is 1. The summed E-state index contributed by atoms with van der Waals surface area (Å²) in [5, 5.41) is 4.10. The standard InChI is InChI=1S/C11H10BrNOS/c12-9-1-2-11(10(13)5-9)14-6-8-3-4-15-7-8/h1-5,7H,6,13H2. The van der Waals surface area contributed by atoms with E-state index in [1.165, 1.54) is 5.56 Å². The lowest BCUT2D eigenvalue weighted by Crippen LogP contribution is -1.97. The molecule has 0 unspecified atom stereocenters. The Labute approximate surface area is 101 Å². The van der Waals surface area contributed by atoms with Crippen LogP contribution < -0.4 is 10.5 Å². The normalized spacial score (nSPS) is 10.2. The minimum Gasteiger partial charge on any atom is -0.487 e. The monoisotopic (exact) mass is 283 g/mol. The number of rotatable bonds is 3. The van der Waals surface area contributed by atoms with Gasteiger partial charge in [0, 0.05) is 4.47 Å². The molecule has 0 saturated heterocycles. The fourth-order valence-corrected chi connectivity index (χ4v) is 2.22. The maximum atomic E-state index is 5.81. The largest absolute Gasteiger partial charge is 0.487 e. The van der Waals surface area contributed by atoms with Crippen LogP contribution in [-0.4, -0.2) is 0 Å². The van der Waals surface area contributed by atoms with Gasteiger partial charge in [-0.15, -0.1) is 0 Å². The highest BCUT2D eigenvalue weighted by Crippen LogP contribution is 2.26. The Morgan fingerprint density at radius 2 is 2.20 bits per heavy atom. The summed E-state index contributed by atoms with van der Waals surface area (Å²) in [4.78, 5) is 0. The van der Waals surface area contributed by atoms with Crippen molar-refractivity contribution in [2.24, 2.45) is 0 Å². The van der Waals surface area contributed by atoms with Gasteiger partial charge in [-0.25, -0.2) is 0 Å². The molecule has 0 bridgehead atoms. The van der Waals surface area contributed by atoms with E-state index in [1.54, 1.807) is 11.3 Å². The van der Waals surface area contributed by atoms with Gasteiger partial charge < -0.3 is 10.5 Å². The summed E-state index contributed by atoms with van der Waals surface area (Å²) >= 11 is 5.01. The number of thiophene rings is 1. The van der Waals surface area contributed by atoms with Crippen LogP contribution in [-0.2, 0) is 6.61 Å². The summed E-state index contributed by atoms with van der Waals surface area (Å²) in [5.41, 5.74) is 7.63. The van der Waals surface area contributed by atoms with E-state index in [9.17, 15) is 0 Å². The van der Waals surface area contributed by atoms with Crippen LogP contribution in [0.4, 0.5) is 5.69 Å². The molecule has 2 nitrogen and oxygen atoms in total. The van der Waals surface area contributed by atoms with Crippen LogP contribution in [0.5, 0.6) is 5.75 Å². The summed E-state index contributed by atoms with van der Waals surface area (Å²) in [6.07, 6.45) is 0. The lowest BCUT2D eigenvalue weighted by molar-refractivity contribution is 0.308.